The van der Waals surface area contributed by atoms with Crippen molar-refractivity contribution in [1.82, 2.24) is 9.80 Å². The van der Waals surface area contributed by atoms with Gasteiger partial charge in [-0.3, -0.25) is 4.79 Å². The zero-order valence-corrected chi connectivity index (χ0v) is 14.5. The molecule has 22 heavy (non-hydrogen) atoms. The second kappa shape index (κ2) is 6.47. The van der Waals surface area contributed by atoms with Crippen LogP contribution in [0.2, 0.25) is 0 Å². The second-order valence-corrected chi connectivity index (χ2v) is 7.64. The van der Waals surface area contributed by atoms with E-state index < -0.39 is 5.60 Å². The minimum absolute atomic E-state index is 0.216. The fourth-order valence-electron chi connectivity index (χ4n) is 3.36. The van der Waals surface area contributed by atoms with Crippen LogP contribution in [0.25, 0.3) is 0 Å². The molecule has 0 saturated carbocycles. The number of piperidine rings is 1. The molecule has 126 valence electrons. The number of carbonyl (C=O) groups is 2. The molecule has 0 aromatic carbocycles. The number of rotatable bonds is 3. The van der Waals surface area contributed by atoms with Gasteiger partial charge >= 0.3 is 6.09 Å². The smallest absolute Gasteiger partial charge is 0.410 e. The lowest BCUT2D eigenvalue weighted by atomic mass is 9.77. The van der Waals surface area contributed by atoms with E-state index in [1.54, 1.807) is 4.90 Å². The van der Waals surface area contributed by atoms with Crippen LogP contribution < -0.4 is 0 Å². The van der Waals surface area contributed by atoms with Gasteiger partial charge in [0.15, 0.2) is 0 Å². The molecule has 0 radical (unpaired) electrons. The zero-order valence-electron chi connectivity index (χ0n) is 14.5. The van der Waals surface area contributed by atoms with E-state index in [1.165, 1.54) is 0 Å². The summed E-state index contributed by atoms with van der Waals surface area (Å²) < 4.78 is 5.42. The monoisotopic (exact) mass is 310 g/mol. The van der Waals surface area contributed by atoms with Gasteiger partial charge < -0.3 is 14.5 Å². The molecule has 5 heteroatoms. The van der Waals surface area contributed by atoms with E-state index in [-0.39, 0.29) is 11.5 Å². The van der Waals surface area contributed by atoms with Gasteiger partial charge in [-0.1, -0.05) is 13.3 Å². The highest BCUT2D eigenvalue weighted by molar-refractivity contribution is 5.85. The molecule has 5 nitrogen and oxygen atoms in total. The normalized spacial score (nSPS) is 21.5. The molecule has 2 saturated heterocycles. The van der Waals surface area contributed by atoms with E-state index in [9.17, 15) is 9.59 Å². The van der Waals surface area contributed by atoms with Gasteiger partial charge in [0, 0.05) is 26.2 Å². The van der Waals surface area contributed by atoms with E-state index in [4.69, 9.17) is 4.74 Å². The molecule has 0 aliphatic carbocycles. The fraction of sp³-hybridized carbons (Fsp3) is 0.882. The molecule has 0 aromatic heterocycles. The molecule has 2 rings (SSSR count). The Hall–Kier alpha value is -1.26. The number of hydrogen-bond donors (Lipinski definition) is 0. The number of carbonyl (C=O) groups excluding carboxylic acids is 2. The Morgan fingerprint density at radius 1 is 1.18 bits per heavy atom. The van der Waals surface area contributed by atoms with Crippen molar-refractivity contribution in [2.24, 2.45) is 5.41 Å². The number of ether oxygens (including phenoxy) is 1. The molecule has 2 aliphatic rings. The van der Waals surface area contributed by atoms with Gasteiger partial charge in [0.1, 0.15) is 5.60 Å². The molecular weight excluding hydrogens is 280 g/mol. The third-order valence-electron chi connectivity index (χ3n) is 4.75. The standard InChI is InChI=1S/C17H30N2O3/c1-5-6-10-18-11-7-17(14(18)20)8-12-19(13-9-17)15(21)22-16(2,3)4/h5-13H2,1-4H3. The number of hydrogen-bond acceptors (Lipinski definition) is 3. The Kier molecular flexibility index (Phi) is 5.03. The summed E-state index contributed by atoms with van der Waals surface area (Å²) in [7, 11) is 0. The Labute approximate surface area is 134 Å². The molecule has 0 atom stereocenters. The third kappa shape index (κ3) is 3.73. The first kappa shape index (κ1) is 17.1. The molecule has 2 fully saturated rings. The quantitative estimate of drug-likeness (QED) is 0.805. The molecule has 1 spiro atoms. The van der Waals surface area contributed by atoms with Gasteiger partial charge in [-0.15, -0.1) is 0 Å². The average Bonchev–Trinajstić information content (AvgIpc) is 2.73. The van der Waals surface area contributed by atoms with E-state index in [1.807, 2.05) is 25.7 Å². The van der Waals surface area contributed by atoms with E-state index >= 15 is 0 Å². The highest BCUT2D eigenvalue weighted by Crippen LogP contribution is 2.41. The van der Waals surface area contributed by atoms with Crippen LogP contribution in [0.15, 0.2) is 0 Å². The number of amides is 2. The molecule has 0 N–H and O–H groups in total. The first-order valence-electron chi connectivity index (χ1n) is 8.55. The van der Waals surface area contributed by atoms with Gasteiger partial charge in [0.2, 0.25) is 5.91 Å². The maximum Gasteiger partial charge on any atom is 0.410 e. The van der Waals surface area contributed by atoms with Crippen LogP contribution >= 0.6 is 0 Å². The Balaban J connectivity index is 1.89. The number of unbranched alkanes of at least 4 members (excludes halogenated alkanes) is 1. The summed E-state index contributed by atoms with van der Waals surface area (Å²) in [4.78, 5) is 28.6. The summed E-state index contributed by atoms with van der Waals surface area (Å²) in [6, 6.07) is 0. The van der Waals surface area contributed by atoms with Crippen molar-refractivity contribution >= 4 is 12.0 Å². The van der Waals surface area contributed by atoms with Crippen LogP contribution in [0, 0.1) is 5.41 Å². The van der Waals surface area contributed by atoms with E-state index in [0.717, 1.165) is 45.2 Å². The predicted octanol–water partition coefficient (Wildman–Crippen LogP) is 3.04. The zero-order chi connectivity index (χ0) is 16.4. The minimum atomic E-state index is -0.466. The second-order valence-electron chi connectivity index (χ2n) is 7.64. The molecule has 0 bridgehead atoms. The van der Waals surface area contributed by atoms with Crippen LogP contribution in [0.4, 0.5) is 4.79 Å². The Bertz CT molecular complexity index is 420. The largest absolute Gasteiger partial charge is 0.444 e. The van der Waals surface area contributed by atoms with Gasteiger partial charge in [-0.05, 0) is 46.5 Å². The van der Waals surface area contributed by atoms with Crippen LogP contribution in [-0.4, -0.2) is 53.6 Å². The van der Waals surface area contributed by atoms with Crippen molar-refractivity contribution < 1.29 is 14.3 Å². The van der Waals surface area contributed by atoms with Crippen molar-refractivity contribution in [3.63, 3.8) is 0 Å². The highest BCUT2D eigenvalue weighted by atomic mass is 16.6. The lowest BCUT2D eigenvalue weighted by Gasteiger charge is -2.38. The Morgan fingerprint density at radius 3 is 2.32 bits per heavy atom. The summed E-state index contributed by atoms with van der Waals surface area (Å²) in [5, 5.41) is 0. The molecule has 2 heterocycles. The highest BCUT2D eigenvalue weighted by Gasteiger charge is 2.48. The summed E-state index contributed by atoms with van der Waals surface area (Å²) >= 11 is 0. The van der Waals surface area contributed by atoms with Crippen molar-refractivity contribution in [1.29, 1.82) is 0 Å². The van der Waals surface area contributed by atoms with Crippen molar-refractivity contribution in [3.05, 3.63) is 0 Å². The maximum absolute atomic E-state index is 12.7. The summed E-state index contributed by atoms with van der Waals surface area (Å²) in [5.74, 6) is 0.310. The van der Waals surface area contributed by atoms with Crippen LogP contribution in [0.1, 0.15) is 59.8 Å². The SMILES string of the molecule is CCCCN1CCC2(CCN(C(=O)OC(C)(C)C)CC2)C1=O. The average molecular weight is 310 g/mol. The van der Waals surface area contributed by atoms with Crippen LogP contribution in [0.3, 0.4) is 0 Å². The topological polar surface area (TPSA) is 49.9 Å². The molecule has 0 unspecified atom stereocenters. The van der Waals surface area contributed by atoms with Crippen molar-refractivity contribution in [3.8, 4) is 0 Å². The molecule has 0 aromatic rings. The lowest BCUT2D eigenvalue weighted by molar-refractivity contribution is -0.138. The lowest BCUT2D eigenvalue weighted by Crippen LogP contribution is -2.48. The molecular formula is C17H30N2O3. The first-order valence-corrected chi connectivity index (χ1v) is 8.55. The summed E-state index contributed by atoms with van der Waals surface area (Å²) in [6.07, 6.45) is 4.42. The van der Waals surface area contributed by atoms with Gasteiger partial charge in [0.05, 0.1) is 5.41 Å². The molecule has 2 aliphatic heterocycles. The fourth-order valence-corrected chi connectivity index (χ4v) is 3.36. The number of likely N-dealkylation sites (tertiary alicyclic amines) is 2. The van der Waals surface area contributed by atoms with Gasteiger partial charge in [-0.25, -0.2) is 4.79 Å². The van der Waals surface area contributed by atoms with Crippen molar-refractivity contribution in [2.45, 2.75) is 65.4 Å². The summed E-state index contributed by atoms with van der Waals surface area (Å²) in [5.41, 5.74) is -0.682. The maximum atomic E-state index is 12.7. The minimum Gasteiger partial charge on any atom is -0.444 e. The summed E-state index contributed by atoms with van der Waals surface area (Å²) in [6.45, 7) is 10.8. The van der Waals surface area contributed by atoms with Gasteiger partial charge in [-0.2, -0.15) is 0 Å². The van der Waals surface area contributed by atoms with Crippen LogP contribution in [-0.2, 0) is 9.53 Å². The molecule has 2 amide bonds. The van der Waals surface area contributed by atoms with E-state index in [2.05, 4.69) is 6.92 Å². The van der Waals surface area contributed by atoms with E-state index in [0.29, 0.717) is 19.0 Å². The van der Waals surface area contributed by atoms with Crippen LogP contribution in [0.5, 0.6) is 0 Å². The third-order valence-corrected chi connectivity index (χ3v) is 4.75. The van der Waals surface area contributed by atoms with Crippen molar-refractivity contribution in [2.75, 3.05) is 26.2 Å². The Morgan fingerprint density at radius 2 is 1.77 bits per heavy atom. The van der Waals surface area contributed by atoms with Gasteiger partial charge in [0.25, 0.3) is 0 Å². The first-order chi connectivity index (χ1) is 10.3. The predicted molar refractivity (Wildman–Crippen MR) is 85.6 cm³/mol. The number of nitrogens with zero attached hydrogens (tertiary/aromatic N) is 2.